The van der Waals surface area contributed by atoms with Crippen molar-refractivity contribution in [1.82, 2.24) is 14.8 Å². The van der Waals surface area contributed by atoms with E-state index in [4.69, 9.17) is 4.74 Å². The average molecular weight is 418 g/mol. The fourth-order valence-electron chi connectivity index (χ4n) is 2.77. The third-order valence-corrected chi connectivity index (χ3v) is 6.29. The van der Waals surface area contributed by atoms with Crippen molar-refractivity contribution in [2.75, 3.05) is 17.8 Å². The Morgan fingerprint density at radius 2 is 1.68 bits per heavy atom. The standard InChI is InChI=1S/C20H23N3O3S2/c1-15-8-7-9-16(2)19(15)26-14-18-21-22-20(27-12-13-28(3,24)25)23(18)17-10-5-4-6-11-17/h4-11H,12-14H2,1-3H3. The van der Waals surface area contributed by atoms with Gasteiger partial charge in [0.05, 0.1) is 5.75 Å². The first-order valence-corrected chi connectivity index (χ1v) is 11.9. The maximum absolute atomic E-state index is 11.4. The molecular formula is C20H23N3O3S2. The van der Waals surface area contributed by atoms with Crippen molar-refractivity contribution in [2.24, 2.45) is 0 Å². The lowest BCUT2D eigenvalue weighted by Gasteiger charge is -2.13. The Kier molecular flexibility index (Phi) is 6.41. The van der Waals surface area contributed by atoms with Gasteiger partial charge in [0.2, 0.25) is 0 Å². The average Bonchev–Trinajstić information content (AvgIpc) is 3.04. The van der Waals surface area contributed by atoms with Crippen LogP contribution in [0.25, 0.3) is 5.69 Å². The summed E-state index contributed by atoms with van der Waals surface area (Å²) in [6, 6.07) is 15.8. The molecule has 148 valence electrons. The normalized spacial score (nSPS) is 11.5. The van der Waals surface area contributed by atoms with E-state index in [1.807, 2.05) is 66.9 Å². The second kappa shape index (κ2) is 8.79. The van der Waals surface area contributed by atoms with Gasteiger partial charge in [-0.2, -0.15) is 0 Å². The maximum atomic E-state index is 11.4. The van der Waals surface area contributed by atoms with Gasteiger partial charge in [0.1, 0.15) is 22.2 Å². The lowest BCUT2D eigenvalue weighted by molar-refractivity contribution is 0.289. The summed E-state index contributed by atoms with van der Waals surface area (Å²) in [7, 11) is -3.02. The molecule has 0 aliphatic heterocycles. The van der Waals surface area contributed by atoms with Crippen molar-refractivity contribution in [3.8, 4) is 11.4 Å². The molecule has 0 unspecified atom stereocenters. The van der Waals surface area contributed by atoms with Crippen molar-refractivity contribution in [2.45, 2.75) is 25.6 Å². The van der Waals surface area contributed by atoms with Gasteiger partial charge >= 0.3 is 0 Å². The van der Waals surface area contributed by atoms with Crippen LogP contribution in [0, 0.1) is 13.8 Å². The van der Waals surface area contributed by atoms with E-state index in [1.165, 1.54) is 18.0 Å². The van der Waals surface area contributed by atoms with Crippen LogP contribution in [0.2, 0.25) is 0 Å². The molecule has 0 aliphatic rings. The summed E-state index contributed by atoms with van der Waals surface area (Å²) >= 11 is 1.37. The number of hydrogen-bond acceptors (Lipinski definition) is 6. The van der Waals surface area contributed by atoms with Gasteiger partial charge in [0.15, 0.2) is 11.0 Å². The number of ether oxygens (including phenoxy) is 1. The van der Waals surface area contributed by atoms with Gasteiger partial charge in [-0.25, -0.2) is 8.42 Å². The topological polar surface area (TPSA) is 74.1 Å². The fraction of sp³-hybridized carbons (Fsp3) is 0.300. The molecule has 8 heteroatoms. The molecule has 0 N–H and O–H groups in total. The second-order valence-electron chi connectivity index (χ2n) is 6.56. The van der Waals surface area contributed by atoms with Gasteiger partial charge in [-0.05, 0) is 37.1 Å². The number of hydrogen-bond donors (Lipinski definition) is 0. The molecular weight excluding hydrogens is 394 g/mol. The summed E-state index contributed by atoms with van der Waals surface area (Å²) in [4.78, 5) is 0. The van der Waals surface area contributed by atoms with Gasteiger partial charge in [0.25, 0.3) is 0 Å². The third-order valence-electron chi connectivity index (χ3n) is 4.15. The summed E-state index contributed by atoms with van der Waals surface area (Å²) in [5, 5.41) is 9.22. The SMILES string of the molecule is Cc1cccc(C)c1OCc1nnc(SCCS(C)(=O)=O)n1-c1ccccc1. The van der Waals surface area contributed by atoms with Crippen LogP contribution in [0.1, 0.15) is 17.0 Å². The van der Waals surface area contributed by atoms with Crippen molar-refractivity contribution < 1.29 is 13.2 Å². The first kappa shape index (κ1) is 20.4. The van der Waals surface area contributed by atoms with Crippen LogP contribution in [-0.4, -0.2) is 40.9 Å². The van der Waals surface area contributed by atoms with Crippen LogP contribution < -0.4 is 4.74 Å². The molecule has 1 aromatic heterocycles. The van der Waals surface area contributed by atoms with E-state index in [2.05, 4.69) is 10.2 Å². The van der Waals surface area contributed by atoms with Crippen molar-refractivity contribution in [3.63, 3.8) is 0 Å². The van der Waals surface area contributed by atoms with E-state index in [0.717, 1.165) is 22.6 Å². The maximum Gasteiger partial charge on any atom is 0.195 e. The highest BCUT2D eigenvalue weighted by Crippen LogP contribution is 2.26. The zero-order valence-electron chi connectivity index (χ0n) is 16.1. The van der Waals surface area contributed by atoms with Gasteiger partial charge in [0, 0.05) is 17.7 Å². The molecule has 0 saturated carbocycles. The predicted octanol–water partition coefficient (Wildman–Crippen LogP) is 3.60. The molecule has 6 nitrogen and oxygen atoms in total. The number of aryl methyl sites for hydroxylation is 2. The summed E-state index contributed by atoms with van der Waals surface area (Å²) in [5.74, 6) is 2.02. The van der Waals surface area contributed by atoms with E-state index in [0.29, 0.717) is 16.7 Å². The summed E-state index contributed by atoms with van der Waals surface area (Å²) in [6.45, 7) is 4.29. The van der Waals surface area contributed by atoms with Crippen molar-refractivity contribution >= 4 is 21.6 Å². The van der Waals surface area contributed by atoms with Gasteiger partial charge < -0.3 is 4.74 Å². The van der Waals surface area contributed by atoms with E-state index in [-0.39, 0.29) is 12.4 Å². The minimum Gasteiger partial charge on any atom is -0.485 e. The molecule has 0 aliphatic carbocycles. The number of benzene rings is 2. The highest BCUT2D eigenvalue weighted by molar-refractivity contribution is 8.00. The van der Waals surface area contributed by atoms with Crippen molar-refractivity contribution in [3.05, 3.63) is 65.5 Å². The third kappa shape index (κ3) is 5.14. The molecule has 0 fully saturated rings. The number of para-hydroxylation sites is 2. The van der Waals surface area contributed by atoms with Crippen LogP contribution in [0.5, 0.6) is 5.75 Å². The Labute approximate surface area is 169 Å². The highest BCUT2D eigenvalue weighted by atomic mass is 32.2. The van der Waals surface area contributed by atoms with Crippen LogP contribution in [0.4, 0.5) is 0 Å². The molecule has 1 heterocycles. The van der Waals surface area contributed by atoms with Crippen molar-refractivity contribution in [1.29, 1.82) is 0 Å². The van der Waals surface area contributed by atoms with Gasteiger partial charge in [-0.1, -0.05) is 48.2 Å². The number of nitrogens with zero attached hydrogens (tertiary/aromatic N) is 3. The molecule has 0 radical (unpaired) electrons. The van der Waals surface area contributed by atoms with Gasteiger partial charge in [-0.3, -0.25) is 4.57 Å². The minimum atomic E-state index is -3.02. The summed E-state index contributed by atoms with van der Waals surface area (Å²) in [5.41, 5.74) is 3.04. The molecule has 3 rings (SSSR count). The molecule has 0 saturated heterocycles. The van der Waals surface area contributed by atoms with E-state index in [1.54, 1.807) is 0 Å². The summed E-state index contributed by atoms with van der Waals surface area (Å²) in [6.07, 6.45) is 1.24. The molecule has 0 bridgehead atoms. The minimum absolute atomic E-state index is 0.0908. The van der Waals surface area contributed by atoms with Crippen LogP contribution in [-0.2, 0) is 16.4 Å². The Morgan fingerprint density at radius 1 is 1.00 bits per heavy atom. The largest absolute Gasteiger partial charge is 0.485 e. The molecule has 28 heavy (non-hydrogen) atoms. The fourth-order valence-corrected chi connectivity index (χ4v) is 4.94. The first-order chi connectivity index (χ1) is 13.3. The second-order valence-corrected chi connectivity index (χ2v) is 9.88. The number of rotatable bonds is 8. The van der Waals surface area contributed by atoms with Gasteiger partial charge in [-0.15, -0.1) is 10.2 Å². The zero-order chi connectivity index (χ0) is 20.1. The Balaban J connectivity index is 1.86. The summed E-state index contributed by atoms with van der Waals surface area (Å²) < 4.78 is 30.8. The lowest BCUT2D eigenvalue weighted by Crippen LogP contribution is -2.09. The van der Waals surface area contributed by atoms with E-state index < -0.39 is 9.84 Å². The molecule has 3 aromatic rings. The van der Waals surface area contributed by atoms with Crippen LogP contribution in [0.15, 0.2) is 53.7 Å². The first-order valence-electron chi connectivity index (χ1n) is 8.84. The quantitative estimate of drug-likeness (QED) is 0.522. The smallest absolute Gasteiger partial charge is 0.195 e. The lowest BCUT2D eigenvalue weighted by atomic mass is 10.1. The highest BCUT2D eigenvalue weighted by Gasteiger charge is 2.16. The van der Waals surface area contributed by atoms with Crippen LogP contribution >= 0.6 is 11.8 Å². The Morgan fingerprint density at radius 3 is 2.32 bits per heavy atom. The predicted molar refractivity (Wildman–Crippen MR) is 112 cm³/mol. The molecule has 2 aromatic carbocycles. The Hall–Kier alpha value is -2.32. The molecule has 0 amide bonds. The monoisotopic (exact) mass is 417 g/mol. The Bertz CT molecular complexity index is 1030. The van der Waals surface area contributed by atoms with E-state index >= 15 is 0 Å². The number of sulfone groups is 1. The molecule has 0 spiro atoms. The number of aromatic nitrogens is 3. The molecule has 0 atom stereocenters. The number of thioether (sulfide) groups is 1. The zero-order valence-corrected chi connectivity index (χ0v) is 17.8. The van der Waals surface area contributed by atoms with E-state index in [9.17, 15) is 8.42 Å². The van der Waals surface area contributed by atoms with Crippen LogP contribution in [0.3, 0.4) is 0 Å².